The maximum Gasteiger partial charge on any atom is 0.490 e. The van der Waals surface area contributed by atoms with Gasteiger partial charge in [0.1, 0.15) is 6.54 Å². The van der Waals surface area contributed by atoms with Crippen LogP contribution in [0.15, 0.2) is 23.8 Å². The molecule has 0 saturated carbocycles. The molecule has 2 aromatic heterocycles. The number of carbonyl (C=O) groups excluding carboxylic acids is 1. The van der Waals surface area contributed by atoms with Crippen molar-refractivity contribution in [1.82, 2.24) is 19.7 Å². The van der Waals surface area contributed by atoms with E-state index in [9.17, 15) is 14.9 Å². The third-order valence-electron chi connectivity index (χ3n) is 3.43. The number of rotatable bonds is 4. The summed E-state index contributed by atoms with van der Waals surface area (Å²) in [5, 5.41) is 16.2. The van der Waals surface area contributed by atoms with Gasteiger partial charge in [-0.05, 0) is 29.2 Å². The minimum Gasteiger partial charge on any atom is -0.390 e. The lowest BCUT2D eigenvalue weighted by atomic mass is 10.2. The molecule has 1 saturated heterocycles. The normalized spacial score (nSPS) is 18.1. The van der Waals surface area contributed by atoms with Crippen molar-refractivity contribution in [2.45, 2.75) is 25.4 Å². The van der Waals surface area contributed by atoms with Crippen molar-refractivity contribution < 1.29 is 9.72 Å². The standard InChI is InChI=1S/C12H13N5O3S/c18-11(7-15-8-13-12(14-15)17(19)20)16-5-1-3-9(16)10-4-2-6-21-10/h2,4,6,8-9H,1,3,5,7H2. The molecule has 1 fully saturated rings. The van der Waals surface area contributed by atoms with Gasteiger partial charge in [0, 0.05) is 16.5 Å². The Morgan fingerprint density at radius 1 is 1.57 bits per heavy atom. The lowest BCUT2D eigenvalue weighted by Crippen LogP contribution is -2.33. The Kier molecular flexibility index (Phi) is 3.65. The van der Waals surface area contributed by atoms with Gasteiger partial charge in [-0.3, -0.25) is 4.79 Å². The van der Waals surface area contributed by atoms with Crippen LogP contribution in [-0.2, 0) is 11.3 Å². The van der Waals surface area contributed by atoms with Crippen LogP contribution in [0.2, 0.25) is 0 Å². The highest BCUT2D eigenvalue weighted by molar-refractivity contribution is 7.10. The summed E-state index contributed by atoms with van der Waals surface area (Å²) in [6.45, 7) is 0.681. The van der Waals surface area contributed by atoms with Crippen LogP contribution in [0, 0.1) is 10.1 Å². The first-order valence-corrected chi connectivity index (χ1v) is 7.40. The molecule has 0 spiro atoms. The summed E-state index contributed by atoms with van der Waals surface area (Å²) in [5.74, 6) is -0.579. The van der Waals surface area contributed by atoms with Gasteiger partial charge in [-0.15, -0.1) is 11.3 Å². The topological polar surface area (TPSA) is 94.2 Å². The Labute approximate surface area is 124 Å². The van der Waals surface area contributed by atoms with E-state index in [-0.39, 0.29) is 18.5 Å². The third kappa shape index (κ3) is 2.77. The van der Waals surface area contributed by atoms with Crippen LogP contribution in [0.25, 0.3) is 0 Å². The van der Waals surface area contributed by atoms with Gasteiger partial charge in [0.2, 0.25) is 12.2 Å². The largest absolute Gasteiger partial charge is 0.490 e. The van der Waals surface area contributed by atoms with Gasteiger partial charge < -0.3 is 15.0 Å². The molecule has 2 aromatic rings. The highest BCUT2D eigenvalue weighted by Crippen LogP contribution is 2.34. The molecule has 1 aliphatic heterocycles. The first-order chi connectivity index (χ1) is 10.1. The number of nitro groups is 1. The Balaban J connectivity index is 1.70. The Morgan fingerprint density at radius 2 is 2.43 bits per heavy atom. The van der Waals surface area contributed by atoms with E-state index >= 15 is 0 Å². The van der Waals surface area contributed by atoms with Crippen molar-refractivity contribution in [3.63, 3.8) is 0 Å². The zero-order valence-corrected chi connectivity index (χ0v) is 11.9. The molecule has 110 valence electrons. The minimum atomic E-state index is -0.675. The predicted octanol–water partition coefficient (Wildman–Crippen LogP) is 1.61. The summed E-state index contributed by atoms with van der Waals surface area (Å²) in [4.78, 5) is 28.8. The average Bonchev–Trinajstić information content (AvgIpc) is 3.19. The summed E-state index contributed by atoms with van der Waals surface area (Å²) in [6.07, 6.45) is 3.13. The van der Waals surface area contributed by atoms with Gasteiger partial charge in [-0.1, -0.05) is 11.1 Å². The van der Waals surface area contributed by atoms with Crippen molar-refractivity contribution in [2.24, 2.45) is 0 Å². The minimum absolute atomic E-state index is 0.0251. The molecule has 0 aromatic carbocycles. The summed E-state index contributed by atoms with van der Waals surface area (Å²) < 4.78 is 1.21. The van der Waals surface area contributed by atoms with E-state index in [1.165, 1.54) is 15.9 Å². The van der Waals surface area contributed by atoms with E-state index in [0.717, 1.165) is 12.8 Å². The molecule has 3 heterocycles. The second kappa shape index (κ2) is 5.60. The first-order valence-electron chi connectivity index (χ1n) is 6.52. The SMILES string of the molecule is O=C(Cn1cnc([N+](=O)[O-])n1)N1CCCC1c1cccs1. The van der Waals surface area contributed by atoms with Crippen molar-refractivity contribution in [2.75, 3.05) is 6.54 Å². The molecular weight excluding hydrogens is 294 g/mol. The van der Waals surface area contributed by atoms with Crippen LogP contribution in [0.5, 0.6) is 0 Å². The summed E-state index contributed by atoms with van der Waals surface area (Å²) >= 11 is 1.64. The quantitative estimate of drug-likeness (QED) is 0.632. The molecular formula is C12H13N5O3S. The Hall–Kier alpha value is -2.29. The third-order valence-corrected chi connectivity index (χ3v) is 4.40. The van der Waals surface area contributed by atoms with E-state index in [1.807, 2.05) is 22.4 Å². The number of hydrogen-bond acceptors (Lipinski definition) is 6. The fourth-order valence-electron chi connectivity index (χ4n) is 2.52. The number of carbonyl (C=O) groups is 1. The molecule has 1 aliphatic rings. The van der Waals surface area contributed by atoms with Gasteiger partial charge in [-0.2, -0.15) is 4.68 Å². The van der Waals surface area contributed by atoms with Gasteiger partial charge in [0.25, 0.3) is 0 Å². The molecule has 3 rings (SSSR count). The van der Waals surface area contributed by atoms with Crippen LogP contribution < -0.4 is 0 Å². The zero-order chi connectivity index (χ0) is 14.8. The van der Waals surface area contributed by atoms with Crippen LogP contribution in [0.4, 0.5) is 5.95 Å². The molecule has 0 aliphatic carbocycles. The Bertz CT molecular complexity index is 654. The van der Waals surface area contributed by atoms with E-state index in [2.05, 4.69) is 10.1 Å². The fourth-order valence-corrected chi connectivity index (χ4v) is 3.39. The maximum absolute atomic E-state index is 12.4. The smallest absolute Gasteiger partial charge is 0.390 e. The van der Waals surface area contributed by atoms with E-state index in [4.69, 9.17) is 0 Å². The van der Waals surface area contributed by atoms with Gasteiger partial charge in [-0.25, -0.2) is 0 Å². The van der Waals surface area contributed by atoms with E-state index in [0.29, 0.717) is 6.54 Å². The number of likely N-dealkylation sites (tertiary alicyclic amines) is 1. The number of hydrogen-bond donors (Lipinski definition) is 0. The average molecular weight is 307 g/mol. The van der Waals surface area contributed by atoms with Crippen molar-refractivity contribution in [3.8, 4) is 0 Å². The summed E-state index contributed by atoms with van der Waals surface area (Å²) in [5.41, 5.74) is 0. The second-order valence-corrected chi connectivity index (χ2v) is 5.74. The van der Waals surface area contributed by atoms with Gasteiger partial charge >= 0.3 is 5.95 Å². The van der Waals surface area contributed by atoms with Crippen LogP contribution in [-0.4, -0.2) is 37.0 Å². The molecule has 1 unspecified atom stereocenters. The lowest BCUT2D eigenvalue weighted by molar-refractivity contribution is -0.394. The summed E-state index contributed by atoms with van der Waals surface area (Å²) in [6, 6.07) is 4.11. The van der Waals surface area contributed by atoms with E-state index in [1.54, 1.807) is 11.3 Å². The number of aromatic nitrogens is 3. The highest BCUT2D eigenvalue weighted by atomic mass is 32.1. The molecule has 1 amide bonds. The molecule has 8 nitrogen and oxygen atoms in total. The van der Waals surface area contributed by atoms with Crippen LogP contribution >= 0.6 is 11.3 Å². The Morgan fingerprint density at radius 3 is 3.10 bits per heavy atom. The van der Waals surface area contributed by atoms with Gasteiger partial charge in [0.05, 0.1) is 6.04 Å². The molecule has 0 N–H and O–H groups in total. The van der Waals surface area contributed by atoms with Crippen molar-refractivity contribution in [1.29, 1.82) is 0 Å². The van der Waals surface area contributed by atoms with Gasteiger partial charge in [0.15, 0.2) is 0 Å². The summed E-state index contributed by atoms with van der Waals surface area (Å²) in [7, 11) is 0. The second-order valence-electron chi connectivity index (χ2n) is 4.76. The predicted molar refractivity (Wildman–Crippen MR) is 74.7 cm³/mol. The van der Waals surface area contributed by atoms with Crippen LogP contribution in [0.3, 0.4) is 0 Å². The fraction of sp³-hybridized carbons (Fsp3) is 0.417. The lowest BCUT2D eigenvalue weighted by Gasteiger charge is -2.23. The highest BCUT2D eigenvalue weighted by Gasteiger charge is 2.31. The van der Waals surface area contributed by atoms with Crippen molar-refractivity contribution in [3.05, 3.63) is 38.8 Å². The van der Waals surface area contributed by atoms with Crippen molar-refractivity contribution >= 4 is 23.2 Å². The van der Waals surface area contributed by atoms with Crippen LogP contribution in [0.1, 0.15) is 23.8 Å². The maximum atomic E-state index is 12.4. The number of amides is 1. The molecule has 0 bridgehead atoms. The molecule has 1 atom stereocenters. The monoisotopic (exact) mass is 307 g/mol. The number of thiophene rings is 1. The zero-order valence-electron chi connectivity index (χ0n) is 11.1. The number of nitrogens with zero attached hydrogens (tertiary/aromatic N) is 5. The molecule has 0 radical (unpaired) electrons. The molecule has 9 heteroatoms. The molecule has 21 heavy (non-hydrogen) atoms. The first kappa shape index (κ1) is 13.7. The van der Waals surface area contributed by atoms with E-state index < -0.39 is 10.9 Å².